The monoisotopic (exact) mass is 272 g/mol. The summed E-state index contributed by atoms with van der Waals surface area (Å²) in [6, 6.07) is 2.94. The van der Waals surface area contributed by atoms with Crippen molar-refractivity contribution in [3.8, 4) is 0 Å². The number of hydrogen-bond acceptors (Lipinski definition) is 4. The molecule has 1 atom stereocenters. The number of carboxylic acid groups (broad SMARTS) is 1. The minimum absolute atomic E-state index is 0.193. The summed E-state index contributed by atoms with van der Waals surface area (Å²) in [5.41, 5.74) is 0.941. The summed E-state index contributed by atoms with van der Waals surface area (Å²) in [5.74, 6) is -1.90. The SMILES string of the molecule is CCc1cc(C(=O)NC[C@H](O)C(=O)O)cc(Cl)n1. The van der Waals surface area contributed by atoms with E-state index in [-0.39, 0.29) is 17.3 Å². The van der Waals surface area contributed by atoms with E-state index >= 15 is 0 Å². The van der Waals surface area contributed by atoms with Crippen LogP contribution in [0.4, 0.5) is 0 Å². The first kappa shape index (κ1) is 14.4. The molecular formula is C11H13ClN2O4. The maximum atomic E-state index is 11.7. The Labute approximate surface area is 109 Å². The number of carboxylic acids is 1. The summed E-state index contributed by atoms with van der Waals surface area (Å²) in [5, 5.41) is 20.0. The predicted octanol–water partition coefficient (Wildman–Crippen LogP) is 0.473. The van der Waals surface area contributed by atoms with Crippen molar-refractivity contribution in [2.75, 3.05) is 6.54 Å². The highest BCUT2D eigenvalue weighted by molar-refractivity contribution is 6.29. The number of carbonyl (C=O) groups excluding carboxylic acids is 1. The molecule has 0 aliphatic heterocycles. The van der Waals surface area contributed by atoms with Crippen molar-refractivity contribution in [2.45, 2.75) is 19.4 Å². The largest absolute Gasteiger partial charge is 0.479 e. The third-order valence-electron chi connectivity index (χ3n) is 2.21. The molecule has 1 heterocycles. The molecule has 0 bridgehead atoms. The Hall–Kier alpha value is -1.66. The lowest BCUT2D eigenvalue weighted by Crippen LogP contribution is -2.36. The van der Waals surface area contributed by atoms with Crippen LogP contribution in [0.1, 0.15) is 23.0 Å². The van der Waals surface area contributed by atoms with Gasteiger partial charge in [0.15, 0.2) is 6.10 Å². The Balaban J connectivity index is 2.72. The molecule has 0 unspecified atom stereocenters. The Morgan fingerprint density at radius 3 is 2.72 bits per heavy atom. The molecule has 18 heavy (non-hydrogen) atoms. The van der Waals surface area contributed by atoms with Crippen LogP contribution in [-0.2, 0) is 11.2 Å². The van der Waals surface area contributed by atoms with Crippen molar-refractivity contribution in [1.29, 1.82) is 0 Å². The van der Waals surface area contributed by atoms with Crippen molar-refractivity contribution in [2.24, 2.45) is 0 Å². The molecule has 1 aromatic rings. The zero-order valence-electron chi connectivity index (χ0n) is 9.68. The van der Waals surface area contributed by atoms with Crippen molar-refractivity contribution >= 4 is 23.5 Å². The quantitative estimate of drug-likeness (QED) is 0.677. The Morgan fingerprint density at radius 1 is 1.50 bits per heavy atom. The number of aliphatic carboxylic acids is 1. The molecule has 0 radical (unpaired) electrons. The minimum atomic E-state index is -1.63. The second-order valence-electron chi connectivity index (χ2n) is 3.59. The second kappa shape index (κ2) is 6.32. The number of rotatable bonds is 5. The van der Waals surface area contributed by atoms with Gasteiger partial charge in [0.2, 0.25) is 0 Å². The summed E-state index contributed by atoms with van der Waals surface area (Å²) in [6.45, 7) is 1.50. The standard InChI is InChI=1S/C11H13ClN2O4/c1-2-7-3-6(4-9(12)14-7)10(16)13-5-8(15)11(17)18/h3-4,8,15H,2,5H2,1H3,(H,13,16)(H,17,18)/t8-/m0/s1. The van der Waals surface area contributed by atoms with Gasteiger partial charge in [0, 0.05) is 11.3 Å². The fourth-order valence-corrected chi connectivity index (χ4v) is 1.47. The van der Waals surface area contributed by atoms with E-state index in [1.807, 2.05) is 6.92 Å². The molecule has 0 saturated carbocycles. The minimum Gasteiger partial charge on any atom is -0.479 e. The molecule has 1 rings (SSSR count). The molecule has 7 heteroatoms. The van der Waals surface area contributed by atoms with Crippen LogP contribution in [0.3, 0.4) is 0 Å². The zero-order chi connectivity index (χ0) is 13.7. The van der Waals surface area contributed by atoms with Gasteiger partial charge in [0.1, 0.15) is 5.15 Å². The number of nitrogens with zero attached hydrogens (tertiary/aromatic N) is 1. The number of nitrogens with one attached hydrogen (secondary N) is 1. The van der Waals surface area contributed by atoms with Crippen LogP contribution in [0.25, 0.3) is 0 Å². The number of aryl methyl sites for hydroxylation is 1. The number of amides is 1. The van der Waals surface area contributed by atoms with Gasteiger partial charge in [-0.25, -0.2) is 9.78 Å². The highest BCUT2D eigenvalue weighted by Crippen LogP contribution is 2.11. The lowest BCUT2D eigenvalue weighted by atomic mass is 10.2. The van der Waals surface area contributed by atoms with E-state index in [2.05, 4.69) is 10.3 Å². The maximum absolute atomic E-state index is 11.7. The summed E-state index contributed by atoms with van der Waals surface area (Å²) in [4.78, 5) is 26.1. The molecule has 98 valence electrons. The van der Waals surface area contributed by atoms with Gasteiger partial charge < -0.3 is 15.5 Å². The van der Waals surface area contributed by atoms with Gasteiger partial charge in [0.25, 0.3) is 5.91 Å². The Morgan fingerprint density at radius 2 is 2.17 bits per heavy atom. The summed E-state index contributed by atoms with van der Waals surface area (Å²) in [7, 11) is 0. The number of aliphatic hydroxyl groups excluding tert-OH is 1. The van der Waals surface area contributed by atoms with Gasteiger partial charge in [-0.3, -0.25) is 4.79 Å². The first-order chi connectivity index (χ1) is 8.43. The maximum Gasteiger partial charge on any atom is 0.334 e. The molecule has 3 N–H and O–H groups in total. The Kier molecular flexibility index (Phi) is 5.06. The smallest absolute Gasteiger partial charge is 0.334 e. The third kappa shape index (κ3) is 3.97. The summed E-state index contributed by atoms with van der Waals surface area (Å²) >= 11 is 5.75. The van der Waals surface area contributed by atoms with Crippen LogP contribution >= 0.6 is 11.6 Å². The Bertz CT molecular complexity index is 464. The fraction of sp³-hybridized carbons (Fsp3) is 0.364. The second-order valence-corrected chi connectivity index (χ2v) is 3.97. The topological polar surface area (TPSA) is 99.5 Å². The highest BCUT2D eigenvalue weighted by Gasteiger charge is 2.15. The lowest BCUT2D eigenvalue weighted by Gasteiger charge is -2.08. The van der Waals surface area contributed by atoms with Crippen molar-refractivity contribution in [1.82, 2.24) is 10.3 Å². The van der Waals surface area contributed by atoms with E-state index in [0.717, 1.165) is 0 Å². The van der Waals surface area contributed by atoms with Gasteiger partial charge in [-0.15, -0.1) is 0 Å². The lowest BCUT2D eigenvalue weighted by molar-refractivity contribution is -0.146. The summed E-state index contributed by atoms with van der Waals surface area (Å²) < 4.78 is 0. The highest BCUT2D eigenvalue weighted by atomic mass is 35.5. The molecule has 6 nitrogen and oxygen atoms in total. The van der Waals surface area contributed by atoms with Crippen LogP contribution in [-0.4, -0.2) is 39.7 Å². The van der Waals surface area contributed by atoms with Crippen LogP contribution in [0, 0.1) is 0 Å². The van der Waals surface area contributed by atoms with E-state index in [0.29, 0.717) is 12.1 Å². The average molecular weight is 273 g/mol. The molecule has 0 fully saturated rings. The normalized spacial score (nSPS) is 11.9. The molecule has 0 aromatic carbocycles. The van der Waals surface area contributed by atoms with Crippen LogP contribution in [0.5, 0.6) is 0 Å². The van der Waals surface area contributed by atoms with Crippen LogP contribution < -0.4 is 5.32 Å². The number of carbonyl (C=O) groups is 2. The van der Waals surface area contributed by atoms with Crippen molar-refractivity contribution < 1.29 is 19.8 Å². The number of hydrogen-bond donors (Lipinski definition) is 3. The first-order valence-corrected chi connectivity index (χ1v) is 5.67. The molecule has 1 amide bonds. The molecule has 1 aromatic heterocycles. The zero-order valence-corrected chi connectivity index (χ0v) is 10.4. The van der Waals surface area contributed by atoms with Gasteiger partial charge >= 0.3 is 5.97 Å². The van der Waals surface area contributed by atoms with Gasteiger partial charge in [-0.05, 0) is 18.6 Å². The van der Waals surface area contributed by atoms with Crippen molar-refractivity contribution in [3.63, 3.8) is 0 Å². The molecule has 0 saturated heterocycles. The van der Waals surface area contributed by atoms with Gasteiger partial charge in [0.05, 0.1) is 6.54 Å². The van der Waals surface area contributed by atoms with E-state index in [1.54, 1.807) is 6.07 Å². The number of halogens is 1. The summed E-state index contributed by atoms with van der Waals surface area (Å²) in [6.07, 6.45) is -1.00. The molecule has 0 aliphatic carbocycles. The predicted molar refractivity (Wildman–Crippen MR) is 64.6 cm³/mol. The van der Waals surface area contributed by atoms with Gasteiger partial charge in [-0.1, -0.05) is 18.5 Å². The van der Waals surface area contributed by atoms with E-state index in [9.17, 15) is 9.59 Å². The third-order valence-corrected chi connectivity index (χ3v) is 2.41. The van der Waals surface area contributed by atoms with Crippen LogP contribution in [0.15, 0.2) is 12.1 Å². The van der Waals surface area contributed by atoms with Gasteiger partial charge in [-0.2, -0.15) is 0 Å². The molecule has 0 spiro atoms. The average Bonchev–Trinajstić information content (AvgIpc) is 2.34. The number of aliphatic hydroxyl groups is 1. The number of aromatic nitrogens is 1. The van der Waals surface area contributed by atoms with Crippen molar-refractivity contribution in [3.05, 3.63) is 28.5 Å². The van der Waals surface area contributed by atoms with E-state index in [4.69, 9.17) is 21.8 Å². The van der Waals surface area contributed by atoms with E-state index in [1.165, 1.54) is 6.07 Å². The fourth-order valence-electron chi connectivity index (χ4n) is 1.24. The molecule has 0 aliphatic rings. The number of pyridine rings is 1. The first-order valence-electron chi connectivity index (χ1n) is 5.29. The van der Waals surface area contributed by atoms with E-state index < -0.39 is 18.0 Å². The van der Waals surface area contributed by atoms with Crippen LogP contribution in [0.2, 0.25) is 5.15 Å². The molecular weight excluding hydrogens is 260 g/mol.